The molecule has 1 N–H and O–H groups in total. The molecule has 2 aromatic heterocycles. The highest BCUT2D eigenvalue weighted by atomic mass is 32.2. The third kappa shape index (κ3) is 4.23. The van der Waals surface area contributed by atoms with E-state index in [0.29, 0.717) is 11.7 Å². The molecule has 0 aliphatic rings. The van der Waals surface area contributed by atoms with E-state index in [9.17, 15) is 4.79 Å². The van der Waals surface area contributed by atoms with Crippen molar-refractivity contribution in [3.8, 4) is 5.75 Å². The average Bonchev–Trinajstić information content (AvgIpc) is 3.24. The van der Waals surface area contributed by atoms with Gasteiger partial charge in [-0.3, -0.25) is 10.1 Å². The van der Waals surface area contributed by atoms with Crippen molar-refractivity contribution in [2.75, 3.05) is 17.7 Å². The Morgan fingerprint density at radius 2 is 2.14 bits per heavy atom. The highest BCUT2D eigenvalue weighted by molar-refractivity contribution is 8.01. The molecular weight excluding hydrogens is 394 g/mol. The molecule has 0 spiro atoms. The van der Waals surface area contributed by atoms with Gasteiger partial charge >= 0.3 is 0 Å². The molecule has 6 nitrogen and oxygen atoms in total. The molecule has 148 valence electrons. The van der Waals surface area contributed by atoms with Gasteiger partial charge in [0.2, 0.25) is 11.0 Å². The number of rotatable bonds is 7. The van der Waals surface area contributed by atoms with Crippen LogP contribution in [0.15, 0.2) is 27.2 Å². The number of fused-ring (bicyclic) bond motifs is 1. The SMILES string of the molecule is CCOc1c(/C(C)=C/C(=O)Nc2nnc(SCC)s2)cc2c(C)coc2c1C. The van der Waals surface area contributed by atoms with Gasteiger partial charge in [0.25, 0.3) is 0 Å². The highest BCUT2D eigenvalue weighted by Crippen LogP contribution is 2.37. The molecule has 0 aliphatic carbocycles. The van der Waals surface area contributed by atoms with E-state index in [1.165, 1.54) is 11.3 Å². The fourth-order valence-corrected chi connectivity index (χ4v) is 4.57. The number of allylic oxidation sites excluding steroid dienone is 1. The number of carbonyl (C=O) groups excluding carboxylic acids is 1. The Morgan fingerprint density at radius 3 is 2.86 bits per heavy atom. The van der Waals surface area contributed by atoms with Crippen LogP contribution in [0.3, 0.4) is 0 Å². The Morgan fingerprint density at radius 1 is 1.36 bits per heavy atom. The number of furan rings is 1. The Kier molecular flexibility index (Phi) is 6.41. The fourth-order valence-electron chi connectivity index (χ4n) is 2.92. The Hall–Kier alpha value is -2.32. The highest BCUT2D eigenvalue weighted by Gasteiger charge is 2.17. The summed E-state index contributed by atoms with van der Waals surface area (Å²) in [6.45, 7) is 10.4. The standard InChI is InChI=1S/C20H23N3O3S2/c1-6-25-17-13(5)18-15(12(4)10-26-18)9-14(17)11(3)8-16(24)21-19-22-23-20(28-19)27-7-2/h8-10H,6-7H2,1-5H3,(H,21,22,24)/b11-8+. The number of benzene rings is 1. The van der Waals surface area contributed by atoms with E-state index in [2.05, 4.69) is 15.5 Å². The number of ether oxygens (including phenoxy) is 1. The van der Waals surface area contributed by atoms with Crippen LogP contribution in [0.25, 0.3) is 16.5 Å². The smallest absolute Gasteiger partial charge is 0.250 e. The number of aryl methyl sites for hydroxylation is 2. The lowest BCUT2D eigenvalue weighted by Gasteiger charge is -2.14. The van der Waals surface area contributed by atoms with Crippen LogP contribution in [-0.4, -0.2) is 28.5 Å². The molecule has 0 saturated heterocycles. The molecule has 0 radical (unpaired) electrons. The van der Waals surface area contributed by atoms with Crippen molar-refractivity contribution >= 4 is 50.7 Å². The Labute approximate surface area is 172 Å². The zero-order valence-corrected chi connectivity index (χ0v) is 18.2. The fraction of sp³-hybridized carbons (Fsp3) is 0.350. The van der Waals surface area contributed by atoms with Gasteiger partial charge in [-0.1, -0.05) is 30.0 Å². The summed E-state index contributed by atoms with van der Waals surface area (Å²) in [6, 6.07) is 2.02. The van der Waals surface area contributed by atoms with Crippen LogP contribution < -0.4 is 10.1 Å². The summed E-state index contributed by atoms with van der Waals surface area (Å²) in [4.78, 5) is 12.5. The van der Waals surface area contributed by atoms with Gasteiger partial charge in [0, 0.05) is 22.6 Å². The van der Waals surface area contributed by atoms with E-state index < -0.39 is 0 Å². The first-order valence-electron chi connectivity index (χ1n) is 9.04. The van der Waals surface area contributed by atoms with Crippen LogP contribution >= 0.6 is 23.1 Å². The number of thioether (sulfide) groups is 1. The van der Waals surface area contributed by atoms with Crippen molar-refractivity contribution in [1.82, 2.24) is 10.2 Å². The molecule has 0 aliphatic heterocycles. The first-order chi connectivity index (χ1) is 13.4. The molecular formula is C20H23N3O3S2. The minimum absolute atomic E-state index is 0.245. The maximum Gasteiger partial charge on any atom is 0.250 e. The summed E-state index contributed by atoms with van der Waals surface area (Å²) in [5.74, 6) is 1.41. The van der Waals surface area contributed by atoms with E-state index in [1.807, 2.05) is 40.7 Å². The van der Waals surface area contributed by atoms with Gasteiger partial charge in [-0.15, -0.1) is 10.2 Å². The third-order valence-corrected chi connectivity index (χ3v) is 6.06. The Bertz CT molecular complexity index is 1040. The van der Waals surface area contributed by atoms with E-state index >= 15 is 0 Å². The zero-order valence-electron chi connectivity index (χ0n) is 16.6. The second kappa shape index (κ2) is 8.79. The van der Waals surface area contributed by atoms with Gasteiger partial charge in [-0.25, -0.2) is 0 Å². The van der Waals surface area contributed by atoms with Gasteiger partial charge in [-0.2, -0.15) is 0 Å². The molecule has 3 rings (SSSR count). The van der Waals surface area contributed by atoms with Crippen molar-refractivity contribution in [2.24, 2.45) is 0 Å². The molecule has 0 saturated carbocycles. The predicted octanol–water partition coefficient (Wildman–Crippen LogP) is 5.45. The molecule has 1 aromatic carbocycles. The maximum atomic E-state index is 12.5. The molecule has 2 heterocycles. The normalized spacial score (nSPS) is 11.8. The minimum atomic E-state index is -0.245. The lowest BCUT2D eigenvalue weighted by molar-refractivity contribution is -0.111. The van der Waals surface area contributed by atoms with Crippen LogP contribution in [-0.2, 0) is 4.79 Å². The Balaban J connectivity index is 1.92. The second-order valence-corrected chi connectivity index (χ2v) is 8.72. The topological polar surface area (TPSA) is 77.2 Å². The third-order valence-electron chi connectivity index (χ3n) is 4.20. The molecule has 1 amide bonds. The summed E-state index contributed by atoms with van der Waals surface area (Å²) in [5.41, 5.74) is 4.48. The minimum Gasteiger partial charge on any atom is -0.493 e. The number of nitrogens with zero attached hydrogens (tertiary/aromatic N) is 2. The molecule has 0 bridgehead atoms. The molecule has 0 fully saturated rings. The summed E-state index contributed by atoms with van der Waals surface area (Å²) < 4.78 is 12.4. The number of hydrogen-bond acceptors (Lipinski definition) is 7. The lowest BCUT2D eigenvalue weighted by Crippen LogP contribution is -2.08. The first-order valence-corrected chi connectivity index (χ1v) is 10.8. The van der Waals surface area contributed by atoms with Crippen molar-refractivity contribution < 1.29 is 13.9 Å². The van der Waals surface area contributed by atoms with Crippen molar-refractivity contribution in [1.29, 1.82) is 0 Å². The monoisotopic (exact) mass is 417 g/mol. The number of aromatic nitrogens is 2. The van der Waals surface area contributed by atoms with E-state index in [0.717, 1.165) is 49.1 Å². The van der Waals surface area contributed by atoms with Crippen molar-refractivity contribution in [2.45, 2.75) is 39.0 Å². The number of hydrogen-bond donors (Lipinski definition) is 1. The second-order valence-electron chi connectivity index (χ2n) is 6.23. The van der Waals surface area contributed by atoms with Gasteiger partial charge in [0.05, 0.1) is 12.9 Å². The van der Waals surface area contributed by atoms with Gasteiger partial charge in [0.1, 0.15) is 11.3 Å². The number of carbonyl (C=O) groups is 1. The van der Waals surface area contributed by atoms with Crippen LogP contribution in [0.2, 0.25) is 0 Å². The van der Waals surface area contributed by atoms with Crippen LogP contribution in [0.4, 0.5) is 5.13 Å². The predicted molar refractivity (Wildman–Crippen MR) is 115 cm³/mol. The van der Waals surface area contributed by atoms with Crippen LogP contribution in [0.5, 0.6) is 5.75 Å². The molecule has 0 atom stereocenters. The number of nitrogens with one attached hydrogen (secondary N) is 1. The molecule has 8 heteroatoms. The van der Waals surface area contributed by atoms with Crippen molar-refractivity contribution in [3.05, 3.63) is 35.1 Å². The van der Waals surface area contributed by atoms with Gasteiger partial charge in [-0.05, 0) is 50.7 Å². The van der Waals surface area contributed by atoms with Gasteiger partial charge in [0.15, 0.2) is 4.34 Å². The molecule has 0 unspecified atom stereocenters. The van der Waals surface area contributed by atoms with Crippen molar-refractivity contribution in [3.63, 3.8) is 0 Å². The van der Waals surface area contributed by atoms with E-state index in [-0.39, 0.29) is 5.91 Å². The lowest BCUT2D eigenvalue weighted by atomic mass is 9.98. The summed E-state index contributed by atoms with van der Waals surface area (Å²) in [7, 11) is 0. The van der Waals surface area contributed by atoms with E-state index in [1.54, 1.807) is 24.1 Å². The molecule has 28 heavy (non-hydrogen) atoms. The van der Waals surface area contributed by atoms with Crippen LogP contribution in [0.1, 0.15) is 37.5 Å². The number of amides is 1. The average molecular weight is 418 g/mol. The van der Waals surface area contributed by atoms with Crippen LogP contribution in [0, 0.1) is 13.8 Å². The van der Waals surface area contributed by atoms with Gasteiger partial charge < -0.3 is 9.15 Å². The quantitative estimate of drug-likeness (QED) is 0.313. The van der Waals surface area contributed by atoms with E-state index in [4.69, 9.17) is 9.15 Å². The summed E-state index contributed by atoms with van der Waals surface area (Å²) >= 11 is 2.97. The largest absolute Gasteiger partial charge is 0.493 e. The summed E-state index contributed by atoms with van der Waals surface area (Å²) in [5, 5.41) is 12.4. The number of anilines is 1. The molecule has 3 aromatic rings. The summed E-state index contributed by atoms with van der Waals surface area (Å²) in [6.07, 6.45) is 3.30. The first kappa shape index (κ1) is 20.4. The maximum absolute atomic E-state index is 12.5. The zero-order chi connectivity index (χ0) is 20.3.